The molecule has 8 heteroatoms. The van der Waals surface area contributed by atoms with Gasteiger partial charge in [-0.3, -0.25) is 9.00 Å². The van der Waals surface area contributed by atoms with Crippen molar-refractivity contribution in [2.75, 3.05) is 6.26 Å². The first-order valence-corrected chi connectivity index (χ1v) is 9.09. The average molecular weight is 382 g/mol. The van der Waals surface area contributed by atoms with Crippen molar-refractivity contribution >= 4 is 38.7 Å². The molecule has 3 rings (SSSR count). The molecule has 1 atom stereocenters. The summed E-state index contributed by atoms with van der Waals surface area (Å²) in [7, 11) is -1.33. The standard InChI is InChI=1S/C18H16O6S.Na/c1-9(2)23-15-8-11(25(3)22)7-13-16(19)12-6-10(18(20)21)4-5-14(12)24-17(13)15;/h4-9H,1-3H3,(H,20,21);/q;+1/p-1. The van der Waals surface area contributed by atoms with Crippen LogP contribution >= 0.6 is 0 Å². The van der Waals surface area contributed by atoms with Gasteiger partial charge in [-0.05, 0) is 43.7 Å². The number of hydrogen-bond donors (Lipinski definition) is 0. The van der Waals surface area contributed by atoms with E-state index < -0.39 is 22.2 Å². The Bertz CT molecular complexity index is 1090. The van der Waals surface area contributed by atoms with Crippen LogP contribution in [0.25, 0.3) is 21.9 Å². The van der Waals surface area contributed by atoms with Gasteiger partial charge in [0.2, 0.25) is 5.43 Å². The van der Waals surface area contributed by atoms with E-state index in [0.29, 0.717) is 10.6 Å². The smallest absolute Gasteiger partial charge is 0.545 e. The molecule has 0 radical (unpaired) electrons. The van der Waals surface area contributed by atoms with E-state index in [9.17, 15) is 18.9 Å². The van der Waals surface area contributed by atoms with Crippen LogP contribution in [0.3, 0.4) is 0 Å². The van der Waals surface area contributed by atoms with Crippen molar-refractivity contribution in [3.63, 3.8) is 0 Å². The number of rotatable bonds is 4. The normalized spacial score (nSPS) is 12.2. The van der Waals surface area contributed by atoms with Gasteiger partial charge in [0.1, 0.15) is 5.58 Å². The topological polar surface area (TPSA) is 96.6 Å². The van der Waals surface area contributed by atoms with Crippen LogP contribution in [0.1, 0.15) is 24.2 Å². The van der Waals surface area contributed by atoms with Crippen molar-refractivity contribution in [1.82, 2.24) is 0 Å². The second-order valence-electron chi connectivity index (χ2n) is 5.85. The van der Waals surface area contributed by atoms with Crippen LogP contribution in [0.2, 0.25) is 0 Å². The van der Waals surface area contributed by atoms with Crippen LogP contribution in [0.5, 0.6) is 5.75 Å². The molecule has 3 aromatic rings. The Hall–Kier alpha value is -1.67. The quantitative estimate of drug-likeness (QED) is 0.417. The predicted octanol–water partition coefficient (Wildman–Crippen LogP) is -1.16. The molecule has 2 aromatic carbocycles. The Morgan fingerprint density at radius 2 is 1.88 bits per heavy atom. The molecule has 6 nitrogen and oxygen atoms in total. The summed E-state index contributed by atoms with van der Waals surface area (Å²) in [6.07, 6.45) is 1.32. The van der Waals surface area contributed by atoms with Crippen molar-refractivity contribution in [2.24, 2.45) is 0 Å². The molecule has 26 heavy (non-hydrogen) atoms. The zero-order valence-electron chi connectivity index (χ0n) is 14.8. The molecule has 0 saturated heterocycles. The fourth-order valence-electron chi connectivity index (χ4n) is 2.54. The van der Waals surface area contributed by atoms with Gasteiger partial charge in [-0.1, -0.05) is 0 Å². The van der Waals surface area contributed by atoms with Gasteiger partial charge in [-0.15, -0.1) is 0 Å². The van der Waals surface area contributed by atoms with Crippen molar-refractivity contribution in [3.05, 3.63) is 46.1 Å². The maximum Gasteiger partial charge on any atom is 1.00 e. The van der Waals surface area contributed by atoms with Gasteiger partial charge in [0, 0.05) is 28.0 Å². The zero-order chi connectivity index (χ0) is 18.3. The van der Waals surface area contributed by atoms with E-state index in [1.165, 1.54) is 30.5 Å². The van der Waals surface area contributed by atoms with E-state index in [2.05, 4.69) is 0 Å². The van der Waals surface area contributed by atoms with Gasteiger partial charge in [-0.2, -0.15) is 0 Å². The number of aromatic carboxylic acids is 1. The summed E-state index contributed by atoms with van der Waals surface area (Å²) < 4.78 is 23.4. The molecular weight excluding hydrogens is 367 g/mol. The fourth-order valence-corrected chi connectivity index (χ4v) is 3.09. The van der Waals surface area contributed by atoms with Gasteiger partial charge >= 0.3 is 29.6 Å². The number of carbonyl (C=O) groups excluding carboxylic acids is 1. The minimum absolute atomic E-state index is 0. The molecule has 0 fully saturated rings. The van der Waals surface area contributed by atoms with Gasteiger partial charge < -0.3 is 19.1 Å². The van der Waals surface area contributed by atoms with Crippen molar-refractivity contribution in [3.8, 4) is 5.75 Å². The van der Waals surface area contributed by atoms with Crippen molar-refractivity contribution < 1.29 is 52.8 Å². The minimum Gasteiger partial charge on any atom is -0.545 e. The summed E-state index contributed by atoms with van der Waals surface area (Å²) in [5.74, 6) is -1.06. The SMILES string of the molecule is CC(C)Oc1cc(S(C)=O)cc2c(=O)c3cc(C(=O)[O-])ccc3oc12.[Na+]. The fraction of sp³-hybridized carbons (Fsp3) is 0.222. The van der Waals surface area contributed by atoms with E-state index >= 15 is 0 Å². The van der Waals surface area contributed by atoms with Crippen LogP contribution < -0.4 is 44.8 Å². The molecule has 1 aromatic heterocycles. The molecule has 0 saturated carbocycles. The summed E-state index contributed by atoms with van der Waals surface area (Å²) >= 11 is 0. The number of carboxylic acids is 1. The average Bonchev–Trinajstić information content (AvgIpc) is 2.54. The Kier molecular flexibility index (Phi) is 6.29. The molecule has 0 aliphatic carbocycles. The number of benzene rings is 2. The first-order valence-electron chi connectivity index (χ1n) is 7.54. The van der Waals surface area contributed by atoms with Crippen LogP contribution in [-0.2, 0) is 10.8 Å². The first kappa shape index (κ1) is 20.6. The second-order valence-corrected chi connectivity index (χ2v) is 7.23. The molecule has 1 heterocycles. The zero-order valence-corrected chi connectivity index (χ0v) is 17.6. The minimum atomic E-state index is -1.38. The number of fused-ring (bicyclic) bond motifs is 2. The number of carbonyl (C=O) groups is 1. The van der Waals surface area contributed by atoms with Gasteiger partial charge in [0.15, 0.2) is 11.3 Å². The molecule has 0 aliphatic rings. The Morgan fingerprint density at radius 3 is 2.46 bits per heavy atom. The first-order chi connectivity index (χ1) is 11.8. The van der Waals surface area contributed by atoms with Crippen LogP contribution in [0.15, 0.2) is 44.4 Å². The monoisotopic (exact) mass is 382 g/mol. The Labute approximate surface area is 173 Å². The maximum absolute atomic E-state index is 12.8. The summed E-state index contributed by atoms with van der Waals surface area (Å²) in [6, 6.07) is 7.00. The Balaban J connectivity index is 0.00000243. The Morgan fingerprint density at radius 1 is 1.19 bits per heavy atom. The third-order valence-corrected chi connectivity index (χ3v) is 4.54. The molecule has 1 unspecified atom stereocenters. The molecule has 0 N–H and O–H groups in total. The molecular formula is C18H15NaO6S. The summed E-state index contributed by atoms with van der Waals surface area (Å²) in [5.41, 5.74) is -0.0589. The second kappa shape index (κ2) is 7.92. The van der Waals surface area contributed by atoms with Crippen LogP contribution in [0, 0.1) is 0 Å². The molecule has 0 amide bonds. The molecule has 130 valence electrons. The van der Waals surface area contributed by atoms with E-state index in [-0.39, 0.29) is 63.2 Å². The van der Waals surface area contributed by atoms with Gasteiger partial charge in [-0.25, -0.2) is 0 Å². The molecule has 0 bridgehead atoms. The van der Waals surface area contributed by atoms with Crippen molar-refractivity contribution in [1.29, 1.82) is 0 Å². The van der Waals surface area contributed by atoms with Crippen molar-refractivity contribution in [2.45, 2.75) is 24.8 Å². The predicted molar refractivity (Wildman–Crippen MR) is 92.4 cm³/mol. The van der Waals surface area contributed by atoms with E-state index in [1.807, 2.05) is 13.8 Å². The number of ether oxygens (including phenoxy) is 1. The van der Waals surface area contributed by atoms with E-state index in [4.69, 9.17) is 9.15 Å². The largest absolute Gasteiger partial charge is 1.00 e. The third kappa shape index (κ3) is 3.86. The summed E-state index contributed by atoms with van der Waals surface area (Å²) in [6.45, 7) is 3.65. The van der Waals surface area contributed by atoms with Crippen LogP contribution in [0.4, 0.5) is 0 Å². The van der Waals surface area contributed by atoms with Gasteiger partial charge in [0.05, 0.1) is 22.8 Å². The summed E-state index contributed by atoms with van der Waals surface area (Å²) in [5, 5.41) is 11.3. The molecule has 0 aliphatic heterocycles. The maximum atomic E-state index is 12.8. The van der Waals surface area contributed by atoms with Crippen LogP contribution in [-0.4, -0.2) is 22.5 Å². The van der Waals surface area contributed by atoms with E-state index in [0.717, 1.165) is 0 Å². The summed E-state index contributed by atoms with van der Waals surface area (Å²) in [4.78, 5) is 24.3. The third-order valence-electron chi connectivity index (χ3n) is 3.64. The number of hydrogen-bond acceptors (Lipinski definition) is 6. The van der Waals surface area contributed by atoms with E-state index in [1.54, 1.807) is 6.07 Å². The van der Waals surface area contributed by atoms with Gasteiger partial charge in [0.25, 0.3) is 0 Å². The number of carboxylic acid groups (broad SMARTS) is 1. The molecule has 0 spiro atoms.